The Hall–Kier alpha value is -0.320. The van der Waals surface area contributed by atoms with E-state index < -0.39 is 0 Å². The van der Waals surface area contributed by atoms with Gasteiger partial charge >= 0.3 is 0 Å². The molecule has 0 saturated heterocycles. The summed E-state index contributed by atoms with van der Waals surface area (Å²) in [5.41, 5.74) is 0. The number of methoxy groups -OCH3 is 1. The van der Waals surface area contributed by atoms with Crippen LogP contribution in [0.15, 0.2) is 16.7 Å². The highest BCUT2D eigenvalue weighted by molar-refractivity contribution is 9.10. The molecule has 1 rings (SSSR count). The van der Waals surface area contributed by atoms with E-state index in [1.165, 1.54) is 0 Å². The standard InChI is InChI=1S/C9H11BrClNO2/c1-13-3-2-4-14-8-5-7(10)6-12-9(8)11/h5-6H,2-4H2,1H3. The molecule has 0 spiro atoms. The van der Waals surface area contributed by atoms with Gasteiger partial charge in [-0.2, -0.15) is 0 Å². The first-order valence-electron chi connectivity index (χ1n) is 4.17. The number of halogens is 2. The zero-order chi connectivity index (χ0) is 10.4. The highest BCUT2D eigenvalue weighted by Crippen LogP contribution is 2.25. The molecule has 0 aromatic carbocycles. The molecule has 0 aliphatic heterocycles. The zero-order valence-electron chi connectivity index (χ0n) is 7.80. The minimum absolute atomic E-state index is 0.380. The van der Waals surface area contributed by atoms with Gasteiger partial charge in [0.05, 0.1) is 6.61 Å². The van der Waals surface area contributed by atoms with E-state index in [9.17, 15) is 0 Å². The molecule has 0 aliphatic rings. The molecule has 0 bridgehead atoms. The highest BCUT2D eigenvalue weighted by Gasteiger charge is 2.02. The summed E-state index contributed by atoms with van der Waals surface area (Å²) in [7, 11) is 1.66. The van der Waals surface area contributed by atoms with Crippen LogP contribution in [-0.4, -0.2) is 25.3 Å². The van der Waals surface area contributed by atoms with Gasteiger partial charge in [0.15, 0.2) is 10.9 Å². The normalized spacial score (nSPS) is 10.2. The van der Waals surface area contributed by atoms with Gasteiger partial charge in [0, 0.05) is 30.8 Å². The summed E-state index contributed by atoms with van der Waals surface area (Å²) in [6, 6.07) is 1.79. The second kappa shape index (κ2) is 6.22. The minimum atomic E-state index is 0.380. The molecule has 5 heteroatoms. The third kappa shape index (κ3) is 3.82. The van der Waals surface area contributed by atoms with Gasteiger partial charge in [-0.05, 0) is 22.0 Å². The lowest BCUT2D eigenvalue weighted by atomic mass is 10.4. The van der Waals surface area contributed by atoms with Crippen LogP contribution >= 0.6 is 27.5 Å². The first kappa shape index (κ1) is 11.8. The van der Waals surface area contributed by atoms with Gasteiger partial charge in [-0.25, -0.2) is 4.98 Å². The fourth-order valence-corrected chi connectivity index (χ4v) is 1.36. The largest absolute Gasteiger partial charge is 0.490 e. The molecular formula is C9H11BrClNO2. The molecule has 0 unspecified atom stereocenters. The van der Waals surface area contributed by atoms with Crippen LogP contribution < -0.4 is 4.74 Å². The maximum absolute atomic E-state index is 5.82. The molecule has 3 nitrogen and oxygen atoms in total. The summed E-state index contributed by atoms with van der Waals surface area (Å²) >= 11 is 9.11. The van der Waals surface area contributed by atoms with Crippen molar-refractivity contribution in [1.82, 2.24) is 4.98 Å². The second-order valence-electron chi connectivity index (χ2n) is 2.64. The number of nitrogens with zero attached hydrogens (tertiary/aromatic N) is 1. The summed E-state index contributed by atoms with van der Waals surface area (Å²) < 4.78 is 11.2. The Morgan fingerprint density at radius 1 is 1.50 bits per heavy atom. The Morgan fingerprint density at radius 3 is 3.00 bits per heavy atom. The van der Waals surface area contributed by atoms with Gasteiger partial charge in [-0.3, -0.25) is 0 Å². The van der Waals surface area contributed by atoms with Gasteiger partial charge in [-0.1, -0.05) is 11.6 Å². The molecule has 1 aromatic heterocycles. The summed E-state index contributed by atoms with van der Waals surface area (Å²) in [4.78, 5) is 3.94. The Bertz CT molecular complexity index is 296. The van der Waals surface area contributed by atoms with Crippen molar-refractivity contribution < 1.29 is 9.47 Å². The van der Waals surface area contributed by atoms with Gasteiger partial charge in [0.1, 0.15) is 0 Å². The quantitative estimate of drug-likeness (QED) is 0.614. The van der Waals surface area contributed by atoms with E-state index in [2.05, 4.69) is 20.9 Å². The molecule has 1 aromatic rings. The predicted octanol–water partition coefficient (Wildman–Crippen LogP) is 2.91. The van der Waals surface area contributed by atoms with Gasteiger partial charge in [-0.15, -0.1) is 0 Å². The minimum Gasteiger partial charge on any atom is -0.490 e. The van der Waals surface area contributed by atoms with E-state index in [1.807, 2.05) is 0 Å². The van der Waals surface area contributed by atoms with Crippen molar-refractivity contribution in [2.45, 2.75) is 6.42 Å². The Labute approximate surface area is 96.5 Å². The third-order valence-corrected chi connectivity index (χ3v) is 2.24. The molecule has 0 fully saturated rings. The molecule has 0 saturated carbocycles. The van der Waals surface area contributed by atoms with Crippen LogP contribution in [0, 0.1) is 0 Å². The van der Waals surface area contributed by atoms with Gasteiger partial charge < -0.3 is 9.47 Å². The van der Waals surface area contributed by atoms with Crippen molar-refractivity contribution in [3.05, 3.63) is 21.9 Å². The molecule has 0 radical (unpaired) electrons. The SMILES string of the molecule is COCCCOc1cc(Br)cnc1Cl. The van der Waals surface area contributed by atoms with Gasteiger partial charge in [0.25, 0.3) is 0 Å². The average molecular weight is 281 g/mol. The number of hydrogen-bond donors (Lipinski definition) is 0. The maximum Gasteiger partial charge on any atom is 0.171 e. The molecule has 0 aliphatic carbocycles. The van der Waals surface area contributed by atoms with E-state index in [4.69, 9.17) is 21.1 Å². The van der Waals surface area contributed by atoms with Crippen molar-refractivity contribution in [2.75, 3.05) is 20.3 Å². The molecule has 78 valence electrons. The molecule has 0 amide bonds. The second-order valence-corrected chi connectivity index (χ2v) is 3.91. The molecular weight excluding hydrogens is 269 g/mol. The topological polar surface area (TPSA) is 31.4 Å². The lowest BCUT2D eigenvalue weighted by Crippen LogP contribution is -2.02. The smallest absolute Gasteiger partial charge is 0.171 e. The van der Waals surface area contributed by atoms with Gasteiger partial charge in [0.2, 0.25) is 0 Å². The van der Waals surface area contributed by atoms with Crippen LogP contribution in [0.3, 0.4) is 0 Å². The Kier molecular flexibility index (Phi) is 5.22. The monoisotopic (exact) mass is 279 g/mol. The summed E-state index contributed by atoms with van der Waals surface area (Å²) in [5.74, 6) is 0.595. The highest BCUT2D eigenvalue weighted by atomic mass is 79.9. The molecule has 14 heavy (non-hydrogen) atoms. The van der Waals surface area contributed by atoms with Crippen LogP contribution in [0.25, 0.3) is 0 Å². The maximum atomic E-state index is 5.82. The van der Waals surface area contributed by atoms with Crippen LogP contribution in [0.1, 0.15) is 6.42 Å². The Morgan fingerprint density at radius 2 is 2.29 bits per heavy atom. The number of aromatic nitrogens is 1. The lowest BCUT2D eigenvalue weighted by molar-refractivity contribution is 0.172. The summed E-state index contributed by atoms with van der Waals surface area (Å²) in [6.45, 7) is 1.25. The van der Waals surface area contributed by atoms with E-state index in [-0.39, 0.29) is 0 Å². The number of pyridine rings is 1. The fraction of sp³-hybridized carbons (Fsp3) is 0.444. The Balaban J connectivity index is 2.45. The molecule has 0 atom stereocenters. The molecule has 0 N–H and O–H groups in total. The lowest BCUT2D eigenvalue weighted by Gasteiger charge is -2.06. The van der Waals surface area contributed by atoms with Crippen molar-refractivity contribution in [3.8, 4) is 5.75 Å². The molecule has 1 heterocycles. The van der Waals surface area contributed by atoms with E-state index in [1.54, 1.807) is 19.4 Å². The predicted molar refractivity (Wildman–Crippen MR) is 58.9 cm³/mol. The summed E-state index contributed by atoms with van der Waals surface area (Å²) in [6.07, 6.45) is 2.46. The van der Waals surface area contributed by atoms with Crippen LogP contribution in [0.2, 0.25) is 5.15 Å². The van der Waals surface area contributed by atoms with Crippen molar-refractivity contribution in [3.63, 3.8) is 0 Å². The van der Waals surface area contributed by atoms with Crippen LogP contribution in [-0.2, 0) is 4.74 Å². The van der Waals surface area contributed by atoms with Crippen molar-refractivity contribution in [1.29, 1.82) is 0 Å². The fourth-order valence-electron chi connectivity index (χ4n) is 0.891. The number of rotatable bonds is 5. The van der Waals surface area contributed by atoms with Crippen LogP contribution in [0.5, 0.6) is 5.75 Å². The zero-order valence-corrected chi connectivity index (χ0v) is 10.1. The van der Waals surface area contributed by atoms with Crippen molar-refractivity contribution >= 4 is 27.5 Å². The first-order chi connectivity index (χ1) is 6.74. The average Bonchev–Trinajstić information content (AvgIpc) is 2.18. The van der Waals surface area contributed by atoms with E-state index in [0.29, 0.717) is 24.1 Å². The number of hydrogen-bond acceptors (Lipinski definition) is 3. The van der Waals surface area contributed by atoms with E-state index >= 15 is 0 Å². The third-order valence-electron chi connectivity index (χ3n) is 1.52. The van der Waals surface area contributed by atoms with E-state index in [0.717, 1.165) is 10.9 Å². The number of ether oxygens (including phenoxy) is 2. The van der Waals surface area contributed by atoms with Crippen LogP contribution in [0.4, 0.5) is 0 Å². The van der Waals surface area contributed by atoms with Crippen molar-refractivity contribution in [2.24, 2.45) is 0 Å². The summed E-state index contributed by atoms with van der Waals surface area (Å²) in [5, 5.41) is 0.380. The first-order valence-corrected chi connectivity index (χ1v) is 5.34.